The number of rotatable bonds is 10. The molecule has 2 N–H and O–H groups in total. The summed E-state index contributed by atoms with van der Waals surface area (Å²) in [5, 5.41) is 2.31. The van der Waals surface area contributed by atoms with E-state index >= 15 is 0 Å². The fourth-order valence-electron chi connectivity index (χ4n) is 1.81. The Kier molecular flexibility index (Phi) is 8.07. The van der Waals surface area contributed by atoms with Gasteiger partial charge < -0.3 is 19.5 Å². The van der Waals surface area contributed by atoms with E-state index < -0.39 is 0 Å². The Balaban J connectivity index is 2.15. The first-order valence-corrected chi connectivity index (χ1v) is 7.35. The third-order valence-corrected chi connectivity index (χ3v) is 3.28. The summed E-state index contributed by atoms with van der Waals surface area (Å²) in [4.78, 5) is 0. The second-order valence-electron chi connectivity index (χ2n) is 5.03. The zero-order valence-electron chi connectivity index (χ0n) is 13.1. The molecular formula is C16H28NO3+. The lowest BCUT2D eigenvalue weighted by Crippen LogP contribution is -2.90. The highest BCUT2D eigenvalue weighted by Crippen LogP contribution is 2.27. The van der Waals surface area contributed by atoms with Gasteiger partial charge in [-0.2, -0.15) is 0 Å². The summed E-state index contributed by atoms with van der Waals surface area (Å²) in [6.07, 6.45) is 1.19. The van der Waals surface area contributed by atoms with E-state index in [0.717, 1.165) is 30.2 Å². The third kappa shape index (κ3) is 6.26. The standard InChI is InChI=1S/C16H27NO3/c1-5-14(3)17-8-9-19-10-11-20-15-7-6-13(2)12-16(15)18-4/h6-7,12,14,17H,5,8-11H2,1-4H3/p+1/t14-/m0/s1. The maximum absolute atomic E-state index is 5.67. The van der Waals surface area contributed by atoms with Gasteiger partial charge in [0.2, 0.25) is 0 Å². The first-order chi connectivity index (χ1) is 9.67. The summed E-state index contributed by atoms with van der Waals surface area (Å²) in [7, 11) is 1.66. The lowest BCUT2D eigenvalue weighted by atomic mass is 10.2. The smallest absolute Gasteiger partial charge is 0.161 e. The molecule has 4 nitrogen and oxygen atoms in total. The van der Waals surface area contributed by atoms with E-state index in [0.29, 0.717) is 19.3 Å². The number of aryl methyl sites for hydroxylation is 1. The van der Waals surface area contributed by atoms with Crippen molar-refractivity contribution >= 4 is 0 Å². The molecule has 0 fully saturated rings. The highest BCUT2D eigenvalue weighted by atomic mass is 16.5. The van der Waals surface area contributed by atoms with Crippen molar-refractivity contribution in [2.24, 2.45) is 0 Å². The number of hydrogen-bond acceptors (Lipinski definition) is 3. The summed E-state index contributed by atoms with van der Waals surface area (Å²) in [5.41, 5.74) is 1.16. The summed E-state index contributed by atoms with van der Waals surface area (Å²) in [6.45, 7) is 9.37. The molecule has 1 aromatic carbocycles. The van der Waals surface area contributed by atoms with Crippen molar-refractivity contribution in [3.8, 4) is 11.5 Å². The van der Waals surface area contributed by atoms with E-state index in [4.69, 9.17) is 14.2 Å². The van der Waals surface area contributed by atoms with Gasteiger partial charge >= 0.3 is 0 Å². The van der Waals surface area contributed by atoms with Crippen LogP contribution in [0.15, 0.2) is 18.2 Å². The zero-order chi connectivity index (χ0) is 14.8. The zero-order valence-corrected chi connectivity index (χ0v) is 13.1. The third-order valence-electron chi connectivity index (χ3n) is 3.28. The Morgan fingerprint density at radius 3 is 2.65 bits per heavy atom. The number of methoxy groups -OCH3 is 1. The number of quaternary nitrogens is 1. The minimum absolute atomic E-state index is 0.544. The maximum Gasteiger partial charge on any atom is 0.161 e. The molecule has 1 atom stereocenters. The molecule has 0 spiro atoms. The molecule has 0 heterocycles. The van der Waals surface area contributed by atoms with Gasteiger partial charge in [-0.3, -0.25) is 0 Å². The average molecular weight is 282 g/mol. The normalized spacial score (nSPS) is 12.2. The molecule has 0 aliphatic rings. The van der Waals surface area contributed by atoms with Gasteiger partial charge in [0.15, 0.2) is 11.5 Å². The molecule has 0 unspecified atom stereocenters. The number of nitrogens with two attached hydrogens (primary N) is 1. The highest BCUT2D eigenvalue weighted by Gasteiger charge is 2.04. The predicted molar refractivity (Wildman–Crippen MR) is 80.6 cm³/mol. The van der Waals surface area contributed by atoms with Crippen molar-refractivity contribution in [1.29, 1.82) is 0 Å². The molecule has 0 aromatic heterocycles. The van der Waals surface area contributed by atoms with E-state index in [1.165, 1.54) is 6.42 Å². The summed E-state index contributed by atoms with van der Waals surface area (Å²) in [5.74, 6) is 1.54. The van der Waals surface area contributed by atoms with Crippen LogP contribution in [0.5, 0.6) is 11.5 Å². The largest absolute Gasteiger partial charge is 0.493 e. The van der Waals surface area contributed by atoms with Crippen LogP contribution in [0.3, 0.4) is 0 Å². The molecule has 0 saturated carbocycles. The van der Waals surface area contributed by atoms with Gasteiger partial charge in [-0.15, -0.1) is 0 Å². The minimum Gasteiger partial charge on any atom is -0.493 e. The highest BCUT2D eigenvalue weighted by molar-refractivity contribution is 5.42. The number of hydrogen-bond donors (Lipinski definition) is 1. The van der Waals surface area contributed by atoms with Crippen molar-refractivity contribution in [2.75, 3.05) is 33.5 Å². The molecule has 20 heavy (non-hydrogen) atoms. The van der Waals surface area contributed by atoms with Gasteiger partial charge in [-0.1, -0.05) is 13.0 Å². The van der Waals surface area contributed by atoms with Gasteiger partial charge in [0, 0.05) is 0 Å². The van der Waals surface area contributed by atoms with Crippen LogP contribution in [-0.2, 0) is 4.74 Å². The summed E-state index contributed by atoms with van der Waals surface area (Å²) < 4.78 is 16.5. The van der Waals surface area contributed by atoms with Crippen molar-refractivity contribution in [3.63, 3.8) is 0 Å². The molecule has 114 valence electrons. The van der Waals surface area contributed by atoms with Crippen LogP contribution in [0.2, 0.25) is 0 Å². The van der Waals surface area contributed by atoms with E-state index in [2.05, 4.69) is 19.2 Å². The van der Waals surface area contributed by atoms with Crippen LogP contribution in [0.25, 0.3) is 0 Å². The van der Waals surface area contributed by atoms with Gasteiger partial charge in [-0.05, 0) is 38.0 Å². The van der Waals surface area contributed by atoms with Crippen LogP contribution in [0.1, 0.15) is 25.8 Å². The second kappa shape index (κ2) is 9.61. The molecule has 0 aliphatic carbocycles. The van der Waals surface area contributed by atoms with Crippen LogP contribution in [0.4, 0.5) is 0 Å². The van der Waals surface area contributed by atoms with Crippen molar-refractivity contribution < 1.29 is 19.5 Å². The fraction of sp³-hybridized carbons (Fsp3) is 0.625. The van der Waals surface area contributed by atoms with Gasteiger partial charge in [0.1, 0.15) is 6.61 Å². The monoisotopic (exact) mass is 282 g/mol. The number of benzene rings is 1. The lowest BCUT2D eigenvalue weighted by Gasteiger charge is -2.12. The minimum atomic E-state index is 0.544. The van der Waals surface area contributed by atoms with Gasteiger partial charge in [0.05, 0.1) is 32.9 Å². The molecular weight excluding hydrogens is 254 g/mol. The topological polar surface area (TPSA) is 44.3 Å². The van der Waals surface area contributed by atoms with Crippen LogP contribution >= 0.6 is 0 Å². The predicted octanol–water partition coefficient (Wildman–Crippen LogP) is 1.76. The fourth-order valence-corrected chi connectivity index (χ4v) is 1.81. The van der Waals surface area contributed by atoms with Crippen LogP contribution in [0, 0.1) is 6.92 Å². The Labute approximate surface area is 122 Å². The average Bonchev–Trinajstić information content (AvgIpc) is 2.47. The Bertz CT molecular complexity index is 382. The molecule has 1 rings (SSSR count). The van der Waals surface area contributed by atoms with E-state index in [-0.39, 0.29) is 0 Å². The van der Waals surface area contributed by atoms with Crippen molar-refractivity contribution in [1.82, 2.24) is 0 Å². The quantitative estimate of drug-likeness (QED) is 0.665. The molecule has 0 radical (unpaired) electrons. The molecule has 0 aliphatic heterocycles. The first-order valence-electron chi connectivity index (χ1n) is 7.35. The Morgan fingerprint density at radius 1 is 1.15 bits per heavy atom. The SMILES string of the molecule is CC[C@H](C)[NH2+]CCOCCOc1ccc(C)cc1OC. The van der Waals surface area contributed by atoms with E-state index in [1.807, 2.05) is 25.1 Å². The molecule has 1 aromatic rings. The molecule has 0 amide bonds. The Hall–Kier alpha value is -1.26. The lowest BCUT2D eigenvalue weighted by molar-refractivity contribution is -0.687. The Morgan fingerprint density at radius 2 is 1.95 bits per heavy atom. The summed E-state index contributed by atoms with van der Waals surface area (Å²) in [6, 6.07) is 6.59. The van der Waals surface area contributed by atoms with E-state index in [9.17, 15) is 0 Å². The van der Waals surface area contributed by atoms with Crippen molar-refractivity contribution in [3.05, 3.63) is 23.8 Å². The molecule has 0 bridgehead atoms. The summed E-state index contributed by atoms with van der Waals surface area (Å²) >= 11 is 0. The second-order valence-corrected chi connectivity index (χ2v) is 5.03. The van der Waals surface area contributed by atoms with Crippen LogP contribution < -0.4 is 14.8 Å². The molecule has 0 saturated heterocycles. The molecule has 4 heteroatoms. The van der Waals surface area contributed by atoms with Gasteiger partial charge in [-0.25, -0.2) is 0 Å². The van der Waals surface area contributed by atoms with Crippen LogP contribution in [-0.4, -0.2) is 39.5 Å². The first kappa shape index (κ1) is 16.8. The van der Waals surface area contributed by atoms with E-state index in [1.54, 1.807) is 7.11 Å². The number of ether oxygens (including phenoxy) is 3. The maximum atomic E-state index is 5.67. The van der Waals surface area contributed by atoms with Gasteiger partial charge in [0.25, 0.3) is 0 Å². The van der Waals surface area contributed by atoms with Crippen molar-refractivity contribution in [2.45, 2.75) is 33.2 Å².